The molecule has 88 valence electrons. The molecule has 1 N–H and O–H groups in total. The summed E-state index contributed by atoms with van der Waals surface area (Å²) in [6.07, 6.45) is 2.13. The molecule has 2 heterocycles. The van der Waals surface area contributed by atoms with E-state index in [4.69, 9.17) is 5.11 Å². The van der Waals surface area contributed by atoms with Gasteiger partial charge >= 0.3 is 5.97 Å². The Kier molecular flexibility index (Phi) is 3.56. The van der Waals surface area contributed by atoms with Gasteiger partial charge in [0.25, 0.3) is 0 Å². The molecule has 0 radical (unpaired) electrons. The van der Waals surface area contributed by atoms with Gasteiger partial charge in [-0.1, -0.05) is 13.3 Å². The normalized spacial score (nSPS) is 17.3. The monoisotopic (exact) mass is 240 g/mol. The lowest BCUT2D eigenvalue weighted by molar-refractivity contribution is 0.0691. The van der Waals surface area contributed by atoms with Gasteiger partial charge in [-0.15, -0.1) is 11.3 Å². The fourth-order valence-electron chi connectivity index (χ4n) is 1.90. The first-order valence-electron chi connectivity index (χ1n) is 5.59. The third-order valence-corrected chi connectivity index (χ3v) is 3.93. The molecule has 1 aliphatic rings. The van der Waals surface area contributed by atoms with Crippen molar-refractivity contribution in [3.05, 3.63) is 16.1 Å². The van der Waals surface area contributed by atoms with Gasteiger partial charge in [-0.3, -0.25) is 0 Å². The quantitative estimate of drug-likeness (QED) is 0.851. The first-order chi connectivity index (χ1) is 7.69. The second-order valence-corrected chi connectivity index (χ2v) is 5.16. The zero-order valence-electron chi connectivity index (χ0n) is 9.35. The fraction of sp³-hybridized carbons (Fsp3) is 0.636. The highest BCUT2D eigenvalue weighted by Gasteiger charge is 2.24. The molecule has 0 amide bonds. The standard InChI is InChI=1S/C11H16N2O2S/c1-2-8-5-13(6-8)4-3-10-12-9(7-16-10)11(14)15/h7-8H,2-6H2,1H3,(H,14,15). The number of nitrogens with zero attached hydrogens (tertiary/aromatic N) is 2. The molecule has 1 saturated heterocycles. The summed E-state index contributed by atoms with van der Waals surface area (Å²) in [4.78, 5) is 17.1. The number of carboxylic acids is 1. The van der Waals surface area contributed by atoms with Gasteiger partial charge in [0.15, 0.2) is 5.69 Å². The average molecular weight is 240 g/mol. The number of carboxylic acid groups (broad SMARTS) is 1. The number of thiazole rings is 1. The van der Waals surface area contributed by atoms with Gasteiger partial charge in [-0.05, 0) is 5.92 Å². The topological polar surface area (TPSA) is 53.4 Å². The summed E-state index contributed by atoms with van der Waals surface area (Å²) in [5.41, 5.74) is 0.176. The predicted octanol–water partition coefficient (Wildman–Crippen LogP) is 1.73. The van der Waals surface area contributed by atoms with Gasteiger partial charge in [0.1, 0.15) is 0 Å². The zero-order chi connectivity index (χ0) is 11.5. The Bertz CT molecular complexity index is 372. The van der Waals surface area contributed by atoms with Crippen molar-refractivity contribution in [3.63, 3.8) is 0 Å². The predicted molar refractivity (Wildman–Crippen MR) is 63.0 cm³/mol. The second kappa shape index (κ2) is 4.93. The number of hydrogen-bond donors (Lipinski definition) is 1. The molecule has 5 heteroatoms. The minimum Gasteiger partial charge on any atom is -0.476 e. The molecule has 2 rings (SSSR count). The molecule has 0 aliphatic carbocycles. The number of carbonyl (C=O) groups is 1. The van der Waals surface area contributed by atoms with Crippen molar-refractivity contribution in [3.8, 4) is 0 Å². The third-order valence-electron chi connectivity index (χ3n) is 3.02. The van der Waals surface area contributed by atoms with E-state index < -0.39 is 5.97 Å². The average Bonchev–Trinajstić information content (AvgIpc) is 2.64. The molecule has 0 saturated carbocycles. The van der Waals surface area contributed by atoms with Gasteiger partial charge < -0.3 is 10.0 Å². The molecule has 0 unspecified atom stereocenters. The van der Waals surface area contributed by atoms with Crippen molar-refractivity contribution in [1.82, 2.24) is 9.88 Å². The van der Waals surface area contributed by atoms with Crippen LogP contribution in [0.5, 0.6) is 0 Å². The number of hydrogen-bond acceptors (Lipinski definition) is 4. The van der Waals surface area contributed by atoms with E-state index in [-0.39, 0.29) is 5.69 Å². The largest absolute Gasteiger partial charge is 0.476 e. The maximum Gasteiger partial charge on any atom is 0.355 e. The second-order valence-electron chi connectivity index (χ2n) is 4.22. The molecular formula is C11H16N2O2S. The summed E-state index contributed by atoms with van der Waals surface area (Å²) in [6, 6.07) is 0. The van der Waals surface area contributed by atoms with Crippen LogP contribution in [0, 0.1) is 5.92 Å². The molecule has 1 aliphatic heterocycles. The van der Waals surface area contributed by atoms with E-state index in [0.29, 0.717) is 0 Å². The van der Waals surface area contributed by atoms with Crippen molar-refractivity contribution >= 4 is 17.3 Å². The van der Waals surface area contributed by atoms with E-state index in [0.717, 1.165) is 23.9 Å². The fourth-order valence-corrected chi connectivity index (χ4v) is 2.66. The molecule has 0 aromatic carbocycles. The maximum absolute atomic E-state index is 10.6. The molecule has 1 aromatic heterocycles. The van der Waals surface area contributed by atoms with E-state index in [9.17, 15) is 4.79 Å². The zero-order valence-corrected chi connectivity index (χ0v) is 10.2. The first kappa shape index (κ1) is 11.5. The highest BCUT2D eigenvalue weighted by molar-refractivity contribution is 7.09. The van der Waals surface area contributed by atoms with Crippen LogP contribution in [-0.4, -0.2) is 40.6 Å². The van der Waals surface area contributed by atoms with Crippen LogP contribution in [-0.2, 0) is 6.42 Å². The van der Waals surface area contributed by atoms with E-state index >= 15 is 0 Å². The molecule has 16 heavy (non-hydrogen) atoms. The lowest BCUT2D eigenvalue weighted by Gasteiger charge is -2.38. The molecule has 0 atom stereocenters. The van der Waals surface area contributed by atoms with E-state index in [1.807, 2.05) is 0 Å². The van der Waals surface area contributed by atoms with Crippen LogP contribution in [0.2, 0.25) is 0 Å². The summed E-state index contributed by atoms with van der Waals surface area (Å²) < 4.78 is 0. The van der Waals surface area contributed by atoms with Crippen LogP contribution in [0.1, 0.15) is 28.8 Å². The maximum atomic E-state index is 10.6. The van der Waals surface area contributed by atoms with Crippen LogP contribution < -0.4 is 0 Å². The van der Waals surface area contributed by atoms with Gasteiger partial charge in [-0.25, -0.2) is 9.78 Å². The summed E-state index contributed by atoms with van der Waals surface area (Å²) in [6.45, 7) is 5.60. The summed E-state index contributed by atoms with van der Waals surface area (Å²) >= 11 is 1.44. The van der Waals surface area contributed by atoms with Crippen molar-refractivity contribution in [2.75, 3.05) is 19.6 Å². The Morgan fingerprint density at radius 2 is 2.44 bits per heavy atom. The van der Waals surface area contributed by atoms with Crippen LogP contribution in [0.4, 0.5) is 0 Å². The van der Waals surface area contributed by atoms with Crippen molar-refractivity contribution < 1.29 is 9.90 Å². The van der Waals surface area contributed by atoms with Crippen LogP contribution in [0.15, 0.2) is 5.38 Å². The molecule has 1 aromatic rings. The number of rotatable bonds is 5. The van der Waals surface area contributed by atoms with Crippen molar-refractivity contribution in [1.29, 1.82) is 0 Å². The lowest BCUT2D eigenvalue weighted by atomic mass is 9.97. The summed E-state index contributed by atoms with van der Waals surface area (Å²) in [5, 5.41) is 11.3. The van der Waals surface area contributed by atoms with Gasteiger partial charge in [0.2, 0.25) is 0 Å². The lowest BCUT2D eigenvalue weighted by Crippen LogP contribution is -2.46. The molecule has 4 nitrogen and oxygen atoms in total. The molecular weight excluding hydrogens is 224 g/mol. The minimum absolute atomic E-state index is 0.176. The van der Waals surface area contributed by atoms with Crippen LogP contribution in [0.25, 0.3) is 0 Å². The van der Waals surface area contributed by atoms with E-state index in [1.165, 1.54) is 30.8 Å². The molecule has 0 bridgehead atoms. The Labute approximate surface area is 98.9 Å². The first-order valence-corrected chi connectivity index (χ1v) is 6.47. The number of aromatic nitrogens is 1. The van der Waals surface area contributed by atoms with E-state index in [1.54, 1.807) is 5.38 Å². The summed E-state index contributed by atoms with van der Waals surface area (Å²) in [5.74, 6) is -0.0663. The highest BCUT2D eigenvalue weighted by Crippen LogP contribution is 2.19. The molecule has 0 spiro atoms. The third kappa shape index (κ3) is 2.59. The van der Waals surface area contributed by atoms with Gasteiger partial charge in [-0.2, -0.15) is 0 Å². The SMILES string of the molecule is CCC1CN(CCc2nc(C(=O)O)cs2)C1. The molecule has 1 fully saturated rings. The minimum atomic E-state index is -0.933. The van der Waals surface area contributed by atoms with Crippen LogP contribution in [0.3, 0.4) is 0 Å². The Morgan fingerprint density at radius 1 is 1.69 bits per heavy atom. The van der Waals surface area contributed by atoms with Gasteiger partial charge in [0, 0.05) is 31.4 Å². The van der Waals surface area contributed by atoms with Gasteiger partial charge in [0.05, 0.1) is 5.01 Å². The van der Waals surface area contributed by atoms with E-state index in [2.05, 4.69) is 16.8 Å². The Balaban J connectivity index is 1.75. The highest BCUT2D eigenvalue weighted by atomic mass is 32.1. The Hall–Kier alpha value is -0.940. The summed E-state index contributed by atoms with van der Waals surface area (Å²) in [7, 11) is 0. The smallest absolute Gasteiger partial charge is 0.355 e. The van der Waals surface area contributed by atoms with Crippen molar-refractivity contribution in [2.24, 2.45) is 5.92 Å². The van der Waals surface area contributed by atoms with Crippen LogP contribution >= 0.6 is 11.3 Å². The number of likely N-dealkylation sites (tertiary alicyclic amines) is 1. The van der Waals surface area contributed by atoms with Crippen molar-refractivity contribution in [2.45, 2.75) is 19.8 Å². The number of aromatic carboxylic acids is 1. The Morgan fingerprint density at radius 3 is 3.00 bits per heavy atom.